The summed E-state index contributed by atoms with van der Waals surface area (Å²) in [6, 6.07) is 0.989. The largest absolute Gasteiger partial charge is 0.377 e. The molecule has 1 aliphatic carbocycles. The maximum absolute atomic E-state index is 5.86. The molecule has 6 atom stereocenters. The third kappa shape index (κ3) is 2.12. The van der Waals surface area contributed by atoms with E-state index < -0.39 is 0 Å². The maximum atomic E-state index is 5.86. The molecule has 2 bridgehead atoms. The van der Waals surface area contributed by atoms with Crippen molar-refractivity contribution in [3.05, 3.63) is 0 Å². The number of hydrogen-bond acceptors (Lipinski definition) is 4. The quantitative estimate of drug-likeness (QED) is 0.782. The Morgan fingerprint density at radius 2 is 2.12 bits per heavy atom. The first-order valence-corrected chi connectivity index (χ1v) is 6.87. The third-order valence-electron chi connectivity index (χ3n) is 4.44. The highest BCUT2D eigenvalue weighted by atomic mass is 16.5. The Hall–Kier alpha value is -0.160. The molecule has 2 saturated heterocycles. The molecule has 1 saturated carbocycles. The van der Waals surface area contributed by atoms with Gasteiger partial charge in [-0.2, -0.15) is 0 Å². The fraction of sp³-hybridized carbons (Fsp3) is 1.00. The Balaban J connectivity index is 1.50. The van der Waals surface area contributed by atoms with Gasteiger partial charge in [0.05, 0.1) is 24.4 Å². The molecule has 2 aliphatic heterocycles. The minimum absolute atomic E-state index is 0.217. The first-order valence-electron chi connectivity index (χ1n) is 6.87. The van der Waals surface area contributed by atoms with Gasteiger partial charge in [-0.05, 0) is 32.6 Å². The molecule has 3 fully saturated rings. The van der Waals surface area contributed by atoms with Crippen LogP contribution in [0, 0.1) is 0 Å². The summed E-state index contributed by atoms with van der Waals surface area (Å²) in [5.41, 5.74) is 0. The fourth-order valence-electron chi connectivity index (χ4n) is 3.53. The van der Waals surface area contributed by atoms with Gasteiger partial charge >= 0.3 is 0 Å². The Bertz CT molecular complexity index is 273. The summed E-state index contributed by atoms with van der Waals surface area (Å²) in [5, 5.41) is 3.71. The summed E-state index contributed by atoms with van der Waals surface area (Å²) >= 11 is 0. The molecule has 4 heteroatoms. The summed E-state index contributed by atoms with van der Waals surface area (Å²) in [6.07, 6.45) is 6.18. The Kier molecular flexibility index (Phi) is 3.39. The maximum Gasteiger partial charge on any atom is 0.0986 e. The van der Waals surface area contributed by atoms with Crippen molar-refractivity contribution in [1.82, 2.24) is 5.32 Å². The van der Waals surface area contributed by atoms with Crippen LogP contribution < -0.4 is 5.32 Å². The van der Waals surface area contributed by atoms with Crippen molar-refractivity contribution in [3.63, 3.8) is 0 Å². The van der Waals surface area contributed by atoms with Crippen molar-refractivity contribution in [2.45, 2.75) is 69.1 Å². The molecule has 0 spiro atoms. The van der Waals surface area contributed by atoms with Crippen molar-refractivity contribution < 1.29 is 14.2 Å². The Labute approximate surface area is 103 Å². The van der Waals surface area contributed by atoms with E-state index in [2.05, 4.69) is 5.32 Å². The molecule has 0 aromatic heterocycles. The zero-order valence-electron chi connectivity index (χ0n) is 10.7. The van der Waals surface area contributed by atoms with Crippen LogP contribution in [0.25, 0.3) is 0 Å². The van der Waals surface area contributed by atoms with Crippen LogP contribution >= 0.6 is 0 Å². The second-order valence-electron chi connectivity index (χ2n) is 5.42. The lowest BCUT2D eigenvalue weighted by molar-refractivity contribution is -0.134. The van der Waals surface area contributed by atoms with Gasteiger partial charge in [0.25, 0.3) is 0 Å². The molecule has 0 radical (unpaired) electrons. The lowest BCUT2D eigenvalue weighted by Gasteiger charge is -2.45. The van der Waals surface area contributed by atoms with Crippen molar-refractivity contribution >= 4 is 0 Å². The summed E-state index contributed by atoms with van der Waals surface area (Å²) in [7, 11) is 1.78. The van der Waals surface area contributed by atoms with Crippen LogP contribution in [0.2, 0.25) is 0 Å². The van der Waals surface area contributed by atoms with Gasteiger partial charge in [-0.1, -0.05) is 0 Å². The minimum Gasteiger partial charge on any atom is -0.377 e. The van der Waals surface area contributed by atoms with Crippen LogP contribution in [0.4, 0.5) is 0 Å². The van der Waals surface area contributed by atoms with E-state index >= 15 is 0 Å². The van der Waals surface area contributed by atoms with Crippen LogP contribution in [0.15, 0.2) is 0 Å². The number of nitrogens with one attached hydrogen (secondary N) is 1. The monoisotopic (exact) mass is 241 g/mol. The molecular formula is C13H23NO3. The van der Waals surface area contributed by atoms with Crippen molar-refractivity contribution in [2.24, 2.45) is 0 Å². The lowest BCUT2D eigenvalue weighted by Crippen LogP contribution is -2.62. The number of fused-ring (bicyclic) bond motifs is 2. The van der Waals surface area contributed by atoms with Gasteiger partial charge in [0.15, 0.2) is 0 Å². The van der Waals surface area contributed by atoms with E-state index in [4.69, 9.17) is 14.2 Å². The van der Waals surface area contributed by atoms with E-state index in [1.54, 1.807) is 7.11 Å². The highest BCUT2D eigenvalue weighted by molar-refractivity contribution is 5.02. The number of rotatable bonds is 5. The van der Waals surface area contributed by atoms with Crippen molar-refractivity contribution in [3.8, 4) is 0 Å². The van der Waals surface area contributed by atoms with Crippen LogP contribution in [0.5, 0.6) is 0 Å². The summed E-state index contributed by atoms with van der Waals surface area (Å²) in [6.45, 7) is 2.81. The molecule has 98 valence electrons. The first-order chi connectivity index (χ1) is 8.31. The summed E-state index contributed by atoms with van der Waals surface area (Å²) in [4.78, 5) is 0. The van der Waals surface area contributed by atoms with Crippen LogP contribution in [-0.4, -0.2) is 50.2 Å². The molecule has 0 aromatic rings. The molecule has 17 heavy (non-hydrogen) atoms. The van der Waals surface area contributed by atoms with Crippen molar-refractivity contribution in [1.29, 1.82) is 0 Å². The van der Waals surface area contributed by atoms with Gasteiger partial charge < -0.3 is 19.5 Å². The molecule has 4 nitrogen and oxygen atoms in total. The molecule has 0 amide bonds. The average molecular weight is 241 g/mol. The zero-order chi connectivity index (χ0) is 11.8. The van der Waals surface area contributed by atoms with E-state index in [9.17, 15) is 0 Å². The van der Waals surface area contributed by atoms with Gasteiger partial charge in [0.1, 0.15) is 0 Å². The standard InChI is InChI=1S/C13H23NO3/c1-3-16-12-7-10(13(12)15-2)14-9-6-8-4-5-11(9)17-8/h8-14H,3-7H2,1-2H3. The normalized spacial score (nSPS) is 48.4. The molecule has 0 aromatic carbocycles. The Morgan fingerprint density at radius 1 is 1.24 bits per heavy atom. The van der Waals surface area contributed by atoms with E-state index in [-0.39, 0.29) is 12.2 Å². The van der Waals surface area contributed by atoms with E-state index in [1.165, 1.54) is 19.3 Å². The first kappa shape index (κ1) is 11.9. The number of ether oxygens (including phenoxy) is 3. The predicted molar refractivity (Wildman–Crippen MR) is 64.1 cm³/mol. The predicted octanol–water partition coefficient (Wildman–Crippen LogP) is 1.09. The highest BCUT2D eigenvalue weighted by Crippen LogP contribution is 2.36. The molecule has 2 heterocycles. The highest BCUT2D eigenvalue weighted by Gasteiger charge is 2.47. The second kappa shape index (κ2) is 4.84. The molecule has 3 aliphatic rings. The summed E-state index contributed by atoms with van der Waals surface area (Å²) < 4.78 is 17.0. The van der Waals surface area contributed by atoms with Gasteiger partial charge in [-0.3, -0.25) is 0 Å². The third-order valence-corrected chi connectivity index (χ3v) is 4.44. The van der Waals surface area contributed by atoms with Crippen molar-refractivity contribution in [2.75, 3.05) is 13.7 Å². The van der Waals surface area contributed by atoms with Crippen LogP contribution in [0.3, 0.4) is 0 Å². The molecule has 3 rings (SSSR count). The van der Waals surface area contributed by atoms with Gasteiger partial charge in [0, 0.05) is 25.8 Å². The van der Waals surface area contributed by atoms with E-state index in [0.717, 1.165) is 13.0 Å². The van der Waals surface area contributed by atoms with Gasteiger partial charge in [-0.15, -0.1) is 0 Å². The summed E-state index contributed by atoms with van der Waals surface area (Å²) in [5.74, 6) is 0. The SMILES string of the molecule is CCOC1CC(NC2CC3CCC2O3)C1OC. The smallest absolute Gasteiger partial charge is 0.0986 e. The van der Waals surface area contributed by atoms with E-state index in [0.29, 0.717) is 24.3 Å². The molecular weight excluding hydrogens is 218 g/mol. The zero-order valence-corrected chi connectivity index (χ0v) is 10.7. The lowest BCUT2D eigenvalue weighted by atomic mass is 9.83. The van der Waals surface area contributed by atoms with Gasteiger partial charge in [-0.25, -0.2) is 0 Å². The Morgan fingerprint density at radius 3 is 2.71 bits per heavy atom. The number of hydrogen-bond donors (Lipinski definition) is 1. The van der Waals surface area contributed by atoms with Crippen LogP contribution in [0.1, 0.15) is 32.6 Å². The minimum atomic E-state index is 0.217. The molecule has 1 N–H and O–H groups in total. The van der Waals surface area contributed by atoms with Crippen LogP contribution in [-0.2, 0) is 14.2 Å². The topological polar surface area (TPSA) is 39.7 Å². The average Bonchev–Trinajstić information content (AvgIpc) is 2.89. The fourth-order valence-corrected chi connectivity index (χ4v) is 3.53. The van der Waals surface area contributed by atoms with Gasteiger partial charge in [0.2, 0.25) is 0 Å². The number of methoxy groups -OCH3 is 1. The molecule has 6 unspecified atom stereocenters. The van der Waals surface area contributed by atoms with E-state index in [1.807, 2.05) is 6.92 Å². The second-order valence-corrected chi connectivity index (χ2v) is 5.42.